The van der Waals surface area contributed by atoms with Gasteiger partial charge in [-0.25, -0.2) is 15.0 Å². The highest BCUT2D eigenvalue weighted by Gasteiger charge is 2.14. The van der Waals surface area contributed by atoms with E-state index >= 15 is 0 Å². The maximum absolute atomic E-state index is 10.3. The molecule has 2 rings (SSSR count). The van der Waals surface area contributed by atoms with E-state index in [9.17, 15) is 10.1 Å². The molecule has 0 fully saturated rings. The molecule has 7 nitrogen and oxygen atoms in total. The number of hydrogen-bond donors (Lipinski definition) is 1. The van der Waals surface area contributed by atoms with E-state index in [1.165, 1.54) is 12.5 Å². The Morgan fingerprint density at radius 3 is 2.92 bits per heavy atom. The molecule has 2 aromatic rings. The fourth-order valence-electron chi connectivity index (χ4n) is 0.853. The monoisotopic (exact) mass is 180 g/mol. The minimum atomic E-state index is -0.570. The Morgan fingerprint density at radius 2 is 2.38 bits per heavy atom. The van der Waals surface area contributed by atoms with E-state index in [1.54, 1.807) is 0 Å². The first-order chi connectivity index (χ1) is 6.27. The van der Waals surface area contributed by atoms with Gasteiger partial charge in [0.05, 0.1) is 6.20 Å². The van der Waals surface area contributed by atoms with E-state index in [0.717, 1.165) is 6.20 Å². The zero-order valence-corrected chi connectivity index (χ0v) is 6.30. The lowest BCUT2D eigenvalue weighted by molar-refractivity contribution is -0.389. The molecule has 0 aliphatic carbocycles. The Hall–Kier alpha value is -2.18. The molecule has 0 saturated heterocycles. The number of imidazole rings is 1. The van der Waals surface area contributed by atoms with Gasteiger partial charge < -0.3 is 14.5 Å². The Bertz CT molecular complexity index is 419. The number of hydrogen-bond acceptors (Lipinski definition) is 5. The van der Waals surface area contributed by atoms with Crippen LogP contribution < -0.4 is 0 Å². The summed E-state index contributed by atoms with van der Waals surface area (Å²) in [6.45, 7) is 0. The molecular weight excluding hydrogens is 176 g/mol. The van der Waals surface area contributed by atoms with Gasteiger partial charge in [0.15, 0.2) is 0 Å². The third kappa shape index (κ3) is 1.26. The second-order valence-electron chi connectivity index (χ2n) is 2.21. The molecule has 0 amide bonds. The van der Waals surface area contributed by atoms with Crippen molar-refractivity contribution in [2.45, 2.75) is 0 Å². The maximum atomic E-state index is 10.3. The molecule has 1 N–H and O–H groups in total. The average Bonchev–Trinajstić information content (AvgIpc) is 2.75. The lowest BCUT2D eigenvalue weighted by Gasteiger charge is -1.85. The number of nitro groups is 1. The highest BCUT2D eigenvalue weighted by Crippen LogP contribution is 2.15. The van der Waals surface area contributed by atoms with Crippen LogP contribution in [0.15, 0.2) is 23.1 Å². The Morgan fingerprint density at radius 1 is 1.54 bits per heavy atom. The Balaban J connectivity index is 2.39. The molecule has 0 aromatic carbocycles. The first-order valence-corrected chi connectivity index (χ1v) is 3.36. The van der Waals surface area contributed by atoms with Gasteiger partial charge in [-0.05, 0) is 4.92 Å². The second-order valence-corrected chi connectivity index (χ2v) is 2.21. The van der Waals surface area contributed by atoms with E-state index in [4.69, 9.17) is 4.42 Å². The van der Waals surface area contributed by atoms with Crippen LogP contribution in [0.3, 0.4) is 0 Å². The van der Waals surface area contributed by atoms with Crippen LogP contribution in [-0.4, -0.2) is 19.9 Å². The number of rotatable bonds is 2. The van der Waals surface area contributed by atoms with Crippen molar-refractivity contribution in [2.24, 2.45) is 0 Å². The smallest absolute Gasteiger partial charge is 0.341 e. The van der Waals surface area contributed by atoms with E-state index in [1.807, 2.05) is 0 Å². The van der Waals surface area contributed by atoms with Crippen molar-refractivity contribution >= 4 is 5.82 Å². The third-order valence-corrected chi connectivity index (χ3v) is 1.39. The molecule has 13 heavy (non-hydrogen) atoms. The predicted molar refractivity (Wildman–Crippen MR) is 40.7 cm³/mol. The van der Waals surface area contributed by atoms with E-state index in [0.29, 0.717) is 0 Å². The Labute approximate surface area is 71.6 Å². The lowest BCUT2D eigenvalue weighted by atomic mass is 10.6. The predicted octanol–water partition coefficient (Wildman–Crippen LogP) is 0.973. The first-order valence-electron chi connectivity index (χ1n) is 3.36. The summed E-state index contributed by atoms with van der Waals surface area (Å²) in [4.78, 5) is 19.6. The molecule has 0 saturated carbocycles. The number of nitrogens with one attached hydrogen (secondary N) is 1. The quantitative estimate of drug-likeness (QED) is 0.548. The fraction of sp³-hybridized carbons (Fsp3) is 0. The zero-order valence-electron chi connectivity index (χ0n) is 6.30. The average molecular weight is 180 g/mol. The van der Waals surface area contributed by atoms with Gasteiger partial charge in [-0.1, -0.05) is 0 Å². The molecular formula is C6H4N4O3. The number of nitrogens with zero attached hydrogens (tertiary/aromatic N) is 3. The fourth-order valence-corrected chi connectivity index (χ4v) is 0.853. The molecule has 0 radical (unpaired) electrons. The van der Waals surface area contributed by atoms with Crippen LogP contribution in [0.4, 0.5) is 5.82 Å². The SMILES string of the molecule is O=[N+]([O-])c1cnc(-c2ncco2)[nH]1. The third-order valence-electron chi connectivity index (χ3n) is 1.39. The number of aromatic nitrogens is 3. The number of H-pyrrole nitrogens is 1. The van der Waals surface area contributed by atoms with Crippen LogP contribution in [0.25, 0.3) is 11.7 Å². The van der Waals surface area contributed by atoms with E-state index < -0.39 is 4.92 Å². The second kappa shape index (κ2) is 2.70. The van der Waals surface area contributed by atoms with Crippen LogP contribution >= 0.6 is 0 Å². The summed E-state index contributed by atoms with van der Waals surface area (Å²) in [7, 11) is 0. The lowest BCUT2D eigenvalue weighted by Crippen LogP contribution is -1.87. The van der Waals surface area contributed by atoms with Crippen molar-refractivity contribution in [1.29, 1.82) is 0 Å². The molecule has 0 aliphatic heterocycles. The first kappa shape index (κ1) is 7.47. The minimum Gasteiger partial charge on any atom is -0.441 e. The van der Waals surface area contributed by atoms with Crippen molar-refractivity contribution in [3.63, 3.8) is 0 Å². The summed E-state index contributed by atoms with van der Waals surface area (Å²) < 4.78 is 4.89. The summed E-state index contributed by atoms with van der Waals surface area (Å²) in [5.74, 6) is 0.290. The summed E-state index contributed by atoms with van der Waals surface area (Å²) in [6, 6.07) is 0. The summed E-state index contributed by atoms with van der Waals surface area (Å²) >= 11 is 0. The molecule has 0 atom stereocenters. The van der Waals surface area contributed by atoms with Gasteiger partial charge in [0.1, 0.15) is 12.5 Å². The minimum absolute atomic E-state index is 0.187. The highest BCUT2D eigenvalue weighted by molar-refractivity contribution is 5.42. The van der Waals surface area contributed by atoms with Crippen LogP contribution in [0.2, 0.25) is 0 Å². The van der Waals surface area contributed by atoms with Crippen molar-refractivity contribution in [1.82, 2.24) is 15.0 Å². The van der Waals surface area contributed by atoms with Crippen molar-refractivity contribution in [3.8, 4) is 11.7 Å². The van der Waals surface area contributed by atoms with Gasteiger partial charge in [0, 0.05) is 0 Å². The zero-order chi connectivity index (χ0) is 9.26. The molecule has 7 heteroatoms. The van der Waals surface area contributed by atoms with Crippen LogP contribution in [0, 0.1) is 10.1 Å². The topological polar surface area (TPSA) is 97.8 Å². The number of oxazole rings is 1. The number of aromatic amines is 1. The van der Waals surface area contributed by atoms with Gasteiger partial charge >= 0.3 is 5.82 Å². The molecule has 2 heterocycles. The molecule has 0 aliphatic rings. The largest absolute Gasteiger partial charge is 0.441 e. The van der Waals surface area contributed by atoms with Gasteiger partial charge in [-0.2, -0.15) is 0 Å². The van der Waals surface area contributed by atoms with Gasteiger partial charge in [-0.15, -0.1) is 0 Å². The molecule has 0 bridgehead atoms. The molecule has 0 unspecified atom stereocenters. The normalized spacial score (nSPS) is 10.2. The van der Waals surface area contributed by atoms with Crippen LogP contribution in [0.5, 0.6) is 0 Å². The van der Waals surface area contributed by atoms with E-state index in [2.05, 4.69) is 15.0 Å². The molecule has 66 valence electrons. The van der Waals surface area contributed by atoms with Gasteiger partial charge in [0.2, 0.25) is 0 Å². The van der Waals surface area contributed by atoms with Crippen molar-refractivity contribution in [2.75, 3.05) is 0 Å². The van der Waals surface area contributed by atoms with Crippen LogP contribution in [-0.2, 0) is 0 Å². The summed E-state index contributed by atoms with van der Waals surface area (Å²) in [5, 5.41) is 10.3. The highest BCUT2D eigenvalue weighted by atomic mass is 16.6. The summed E-state index contributed by atoms with van der Waals surface area (Å²) in [6.07, 6.45) is 3.91. The molecule has 2 aromatic heterocycles. The van der Waals surface area contributed by atoms with Gasteiger partial charge in [0.25, 0.3) is 11.7 Å². The van der Waals surface area contributed by atoms with Crippen molar-refractivity contribution < 1.29 is 9.34 Å². The summed E-state index contributed by atoms with van der Waals surface area (Å²) in [5.41, 5.74) is 0. The van der Waals surface area contributed by atoms with Crippen LogP contribution in [0.1, 0.15) is 0 Å². The Kier molecular flexibility index (Phi) is 1.55. The van der Waals surface area contributed by atoms with Gasteiger partial charge in [-0.3, -0.25) is 0 Å². The van der Waals surface area contributed by atoms with Crippen molar-refractivity contribution in [3.05, 3.63) is 28.8 Å². The molecule has 0 spiro atoms. The standard InChI is InChI=1S/C6H4N4O3/c11-10(12)4-3-8-5(9-4)6-7-1-2-13-6/h1-3H,(H,8,9). The van der Waals surface area contributed by atoms with E-state index in [-0.39, 0.29) is 17.5 Å². The maximum Gasteiger partial charge on any atom is 0.341 e.